The summed E-state index contributed by atoms with van der Waals surface area (Å²) in [5.74, 6) is -0.823. The number of rotatable bonds is 9. The lowest BCUT2D eigenvalue weighted by molar-refractivity contribution is -0.141. The number of amides is 2. The third kappa shape index (κ3) is 6.44. The number of hydrogen-bond donors (Lipinski definition) is 2. The number of nitrogens with one attached hydrogen (secondary N) is 2. The van der Waals surface area contributed by atoms with Crippen molar-refractivity contribution in [3.05, 3.63) is 87.6 Å². The minimum absolute atomic E-state index is 0.147. The summed E-state index contributed by atoms with van der Waals surface area (Å²) in [4.78, 5) is 43.0. The van der Waals surface area contributed by atoms with Gasteiger partial charge in [-0.25, -0.2) is 10.2 Å². The fourth-order valence-corrected chi connectivity index (χ4v) is 4.34. The average molecular weight is 605 g/mol. The first-order valence-electron chi connectivity index (χ1n) is 12.3. The predicted octanol–water partition coefficient (Wildman–Crippen LogP) is 4.66. The summed E-state index contributed by atoms with van der Waals surface area (Å²) in [5, 5.41) is 9.75. The molecule has 0 radical (unpaired) electrons. The van der Waals surface area contributed by atoms with Crippen molar-refractivity contribution in [1.82, 2.24) is 25.0 Å². The van der Waals surface area contributed by atoms with Crippen LogP contribution in [0.2, 0.25) is 5.02 Å². The molecule has 0 unspecified atom stereocenters. The summed E-state index contributed by atoms with van der Waals surface area (Å²) in [6, 6.07) is 10.6. The molecule has 0 aliphatic rings. The van der Waals surface area contributed by atoms with E-state index in [1.807, 2.05) is 0 Å². The number of benzene rings is 2. The largest absolute Gasteiger partial charge is 0.495 e. The summed E-state index contributed by atoms with van der Waals surface area (Å²) < 4.78 is 47.1. The molecule has 0 fully saturated rings. The van der Waals surface area contributed by atoms with Crippen molar-refractivity contribution in [2.24, 2.45) is 0 Å². The van der Waals surface area contributed by atoms with Gasteiger partial charge in [-0.3, -0.25) is 23.8 Å². The van der Waals surface area contributed by atoms with Gasteiger partial charge in [0.05, 0.1) is 32.3 Å². The molecule has 220 valence electrons. The highest BCUT2D eigenvalue weighted by Crippen LogP contribution is 2.36. The first-order valence-corrected chi connectivity index (χ1v) is 12.7. The molecule has 2 aromatic carbocycles. The number of ether oxygens (including phenoxy) is 1. The first-order chi connectivity index (χ1) is 20.0. The summed E-state index contributed by atoms with van der Waals surface area (Å²) in [6.07, 6.45) is -2.42. The first kappa shape index (κ1) is 30.3. The average Bonchev–Trinajstić information content (AvgIpc) is 3.45. The van der Waals surface area contributed by atoms with Gasteiger partial charge in [0, 0.05) is 33.5 Å². The van der Waals surface area contributed by atoms with E-state index < -0.39 is 35.3 Å². The Kier molecular flexibility index (Phi) is 8.97. The highest BCUT2D eigenvalue weighted by Gasteiger charge is 2.35. The second-order valence-electron chi connectivity index (χ2n) is 8.83. The number of halogens is 4. The van der Waals surface area contributed by atoms with Gasteiger partial charge in [-0.1, -0.05) is 23.7 Å². The molecule has 0 spiro atoms. The van der Waals surface area contributed by atoms with Crippen LogP contribution in [0.25, 0.3) is 16.8 Å². The topological polar surface area (TPSA) is 129 Å². The van der Waals surface area contributed by atoms with Crippen molar-refractivity contribution in [2.75, 3.05) is 19.5 Å². The minimum Gasteiger partial charge on any atom is -0.495 e. The van der Waals surface area contributed by atoms with Crippen LogP contribution < -0.4 is 21.1 Å². The van der Waals surface area contributed by atoms with Gasteiger partial charge in [0.1, 0.15) is 11.8 Å². The zero-order chi connectivity index (χ0) is 30.6. The SMILES string of the molecule is CC[C@@H](C(=O)Nc1ccc(C(=O)NOC)cc1)n1cc(OC)c(-c2cc(Cl)ccc2-n2cc(C(F)(F)F)nn2)cc1=O. The summed E-state index contributed by atoms with van der Waals surface area (Å²) in [5.41, 5.74) is 1.71. The molecule has 0 saturated heterocycles. The number of hydroxylamine groups is 1. The smallest absolute Gasteiger partial charge is 0.436 e. The molecule has 2 amide bonds. The zero-order valence-corrected chi connectivity index (χ0v) is 23.2. The van der Waals surface area contributed by atoms with Crippen molar-refractivity contribution < 1.29 is 32.3 Å². The standard InChI is InChI=1S/C27H24ClF3N6O5/c1-4-20(26(40)32-17-8-5-15(6-9-17)25(39)34-42-3)36-13-22(41-2)19(12-24(36)38)18-11-16(28)7-10-21(18)37-14-23(33-35-37)27(29,30)31/h5-14,20H,4H2,1-3H3,(H,32,40)(H,34,39)/t20-/m0/s1. The molecule has 0 aliphatic carbocycles. The second-order valence-corrected chi connectivity index (χ2v) is 9.27. The number of anilines is 1. The Bertz CT molecular complexity index is 1670. The van der Waals surface area contributed by atoms with E-state index in [0.717, 1.165) is 4.68 Å². The van der Waals surface area contributed by atoms with Crippen molar-refractivity contribution in [1.29, 1.82) is 0 Å². The number of nitrogens with zero attached hydrogens (tertiary/aromatic N) is 4. The van der Waals surface area contributed by atoms with E-state index in [-0.39, 0.29) is 34.0 Å². The zero-order valence-electron chi connectivity index (χ0n) is 22.4. The van der Waals surface area contributed by atoms with E-state index in [0.29, 0.717) is 17.4 Å². The van der Waals surface area contributed by atoms with E-state index >= 15 is 0 Å². The number of aromatic nitrogens is 4. The molecule has 11 nitrogen and oxygen atoms in total. The summed E-state index contributed by atoms with van der Waals surface area (Å²) in [6.45, 7) is 1.72. The molecular weight excluding hydrogens is 581 g/mol. The van der Waals surface area contributed by atoms with E-state index in [1.165, 1.54) is 73.5 Å². The molecule has 42 heavy (non-hydrogen) atoms. The lowest BCUT2D eigenvalue weighted by Crippen LogP contribution is -2.32. The van der Waals surface area contributed by atoms with Crippen LogP contribution in [0, 0.1) is 0 Å². The number of alkyl halides is 3. The van der Waals surface area contributed by atoms with E-state index in [4.69, 9.17) is 16.3 Å². The van der Waals surface area contributed by atoms with Crippen LogP contribution in [-0.4, -0.2) is 45.6 Å². The number of carbonyl (C=O) groups excluding carboxylic acids is 2. The molecule has 1 atom stereocenters. The number of methoxy groups -OCH3 is 1. The van der Waals surface area contributed by atoms with Gasteiger partial charge in [0.15, 0.2) is 5.69 Å². The number of pyridine rings is 1. The number of hydrogen-bond acceptors (Lipinski definition) is 7. The van der Waals surface area contributed by atoms with Crippen molar-refractivity contribution in [2.45, 2.75) is 25.6 Å². The Morgan fingerprint density at radius 1 is 1.05 bits per heavy atom. The molecule has 15 heteroatoms. The van der Waals surface area contributed by atoms with E-state index in [2.05, 4.69) is 25.9 Å². The maximum atomic E-state index is 13.3. The molecule has 4 aromatic rings. The fraction of sp³-hybridized carbons (Fsp3) is 0.222. The quantitative estimate of drug-likeness (QED) is 0.266. The van der Waals surface area contributed by atoms with Gasteiger partial charge in [-0.15, -0.1) is 5.10 Å². The third-order valence-corrected chi connectivity index (χ3v) is 6.41. The van der Waals surface area contributed by atoms with E-state index in [9.17, 15) is 27.6 Å². The van der Waals surface area contributed by atoms with Gasteiger partial charge in [-0.05, 0) is 48.9 Å². The summed E-state index contributed by atoms with van der Waals surface area (Å²) in [7, 11) is 2.65. The molecule has 0 bridgehead atoms. The maximum absolute atomic E-state index is 13.3. The molecule has 2 aromatic heterocycles. The Hall–Kier alpha value is -4.69. The highest BCUT2D eigenvalue weighted by atomic mass is 35.5. The van der Waals surface area contributed by atoms with Crippen LogP contribution in [-0.2, 0) is 15.8 Å². The minimum atomic E-state index is -4.71. The van der Waals surface area contributed by atoms with Crippen LogP contribution in [0.15, 0.2) is 65.7 Å². The molecule has 0 saturated carbocycles. The van der Waals surface area contributed by atoms with Crippen LogP contribution in [0.5, 0.6) is 5.75 Å². The van der Waals surface area contributed by atoms with Gasteiger partial charge in [0.25, 0.3) is 11.5 Å². The summed E-state index contributed by atoms with van der Waals surface area (Å²) >= 11 is 6.20. The lowest BCUT2D eigenvalue weighted by atomic mass is 10.0. The second kappa shape index (κ2) is 12.4. The normalized spacial score (nSPS) is 12.1. The Balaban J connectivity index is 1.69. The molecule has 2 heterocycles. The van der Waals surface area contributed by atoms with Crippen molar-refractivity contribution in [3.8, 4) is 22.6 Å². The van der Waals surface area contributed by atoms with Crippen LogP contribution in [0.4, 0.5) is 18.9 Å². The van der Waals surface area contributed by atoms with Crippen molar-refractivity contribution in [3.63, 3.8) is 0 Å². The van der Waals surface area contributed by atoms with Crippen LogP contribution in [0.3, 0.4) is 0 Å². The molecule has 0 aliphatic heterocycles. The monoisotopic (exact) mass is 604 g/mol. The highest BCUT2D eigenvalue weighted by molar-refractivity contribution is 6.31. The van der Waals surface area contributed by atoms with Crippen molar-refractivity contribution >= 4 is 29.1 Å². The third-order valence-electron chi connectivity index (χ3n) is 6.18. The maximum Gasteiger partial charge on any atom is 0.436 e. The van der Waals surface area contributed by atoms with Gasteiger partial charge >= 0.3 is 6.18 Å². The van der Waals surface area contributed by atoms with Gasteiger partial charge in [-0.2, -0.15) is 13.2 Å². The van der Waals surface area contributed by atoms with Gasteiger partial charge in [0.2, 0.25) is 5.91 Å². The van der Waals surface area contributed by atoms with Gasteiger partial charge < -0.3 is 10.1 Å². The van der Waals surface area contributed by atoms with E-state index in [1.54, 1.807) is 6.92 Å². The molecule has 2 N–H and O–H groups in total. The molecule has 4 rings (SSSR count). The number of carbonyl (C=O) groups is 2. The Labute approximate surface area is 241 Å². The van der Waals surface area contributed by atoms with Crippen LogP contribution in [0.1, 0.15) is 35.4 Å². The molecular formula is C27H24ClF3N6O5. The Morgan fingerprint density at radius 2 is 1.76 bits per heavy atom. The fourth-order valence-electron chi connectivity index (χ4n) is 4.17. The Morgan fingerprint density at radius 3 is 2.36 bits per heavy atom. The van der Waals surface area contributed by atoms with Crippen LogP contribution >= 0.6 is 11.6 Å². The predicted molar refractivity (Wildman–Crippen MR) is 146 cm³/mol. The lowest BCUT2D eigenvalue weighted by Gasteiger charge is -2.21.